The van der Waals surface area contributed by atoms with Crippen LogP contribution in [0.5, 0.6) is 5.75 Å². The average Bonchev–Trinajstić information content (AvgIpc) is 2.76. The molecule has 0 saturated carbocycles. The number of hydrogen-bond acceptors (Lipinski definition) is 6. The van der Waals surface area contributed by atoms with Gasteiger partial charge in [0, 0.05) is 24.8 Å². The van der Waals surface area contributed by atoms with Crippen LogP contribution in [0.2, 0.25) is 0 Å². The monoisotopic (exact) mass is 447 g/mol. The fourth-order valence-corrected chi connectivity index (χ4v) is 4.30. The number of aryl methyl sites for hydroxylation is 1. The summed E-state index contributed by atoms with van der Waals surface area (Å²) in [6, 6.07) is 14.5. The van der Waals surface area contributed by atoms with Crippen LogP contribution in [-0.4, -0.2) is 43.3 Å². The molecule has 168 valence electrons. The number of rotatable bonds is 8. The fourth-order valence-electron chi connectivity index (χ4n) is 3.45. The predicted molar refractivity (Wildman–Crippen MR) is 118 cm³/mol. The van der Waals surface area contributed by atoms with Crippen molar-refractivity contribution in [1.29, 1.82) is 0 Å². The second-order valence-corrected chi connectivity index (χ2v) is 10.5. The minimum atomic E-state index is -3.71. The van der Waals surface area contributed by atoms with E-state index in [-0.39, 0.29) is 12.2 Å². The van der Waals surface area contributed by atoms with Gasteiger partial charge >= 0.3 is 0 Å². The molecule has 2 atom stereocenters. The van der Waals surface area contributed by atoms with Gasteiger partial charge in [-0.3, -0.25) is 4.79 Å². The second-order valence-electron chi connectivity index (χ2n) is 8.06. The SMILES string of the molecule is CC(CCc1ccc(-c2ccccc2O)cc1)(C(=O)NOC1CCCCO1)S(C)(=O)=O. The summed E-state index contributed by atoms with van der Waals surface area (Å²) in [7, 11) is -3.71. The van der Waals surface area contributed by atoms with Crippen LogP contribution in [0.1, 0.15) is 38.2 Å². The van der Waals surface area contributed by atoms with E-state index in [0.717, 1.165) is 35.8 Å². The van der Waals surface area contributed by atoms with Gasteiger partial charge in [-0.1, -0.05) is 42.5 Å². The standard InChI is InChI=1S/C23H29NO6S/c1-23(31(2,27)28,22(26)24-30-21-9-5-6-16-29-21)15-14-17-10-12-18(13-11-17)19-7-3-4-8-20(19)25/h3-4,7-8,10-13,21,25H,5-6,9,14-16H2,1-2H3,(H,24,26). The highest BCUT2D eigenvalue weighted by molar-refractivity contribution is 7.92. The predicted octanol–water partition coefficient (Wildman–Crippen LogP) is 3.37. The molecule has 7 nitrogen and oxygen atoms in total. The Bertz CT molecular complexity index is 999. The van der Waals surface area contributed by atoms with Gasteiger partial charge in [-0.15, -0.1) is 0 Å². The van der Waals surface area contributed by atoms with Crippen LogP contribution in [0.3, 0.4) is 0 Å². The highest BCUT2D eigenvalue weighted by Crippen LogP contribution is 2.30. The van der Waals surface area contributed by atoms with Gasteiger partial charge in [0.25, 0.3) is 5.91 Å². The van der Waals surface area contributed by atoms with Gasteiger partial charge in [0.05, 0.1) is 0 Å². The van der Waals surface area contributed by atoms with Crippen molar-refractivity contribution >= 4 is 15.7 Å². The highest BCUT2D eigenvalue weighted by Gasteiger charge is 2.43. The maximum atomic E-state index is 12.8. The molecule has 0 aliphatic carbocycles. The highest BCUT2D eigenvalue weighted by atomic mass is 32.2. The number of amides is 1. The van der Waals surface area contributed by atoms with E-state index in [1.54, 1.807) is 12.1 Å². The lowest BCUT2D eigenvalue weighted by Gasteiger charge is -2.28. The van der Waals surface area contributed by atoms with E-state index in [0.29, 0.717) is 19.4 Å². The first-order valence-corrected chi connectivity index (χ1v) is 12.2. The second kappa shape index (κ2) is 9.80. The topological polar surface area (TPSA) is 102 Å². The molecule has 1 heterocycles. The van der Waals surface area contributed by atoms with Gasteiger partial charge in [-0.2, -0.15) is 0 Å². The van der Waals surface area contributed by atoms with Crippen LogP contribution in [-0.2, 0) is 30.6 Å². The molecular formula is C23H29NO6S. The molecule has 1 amide bonds. The van der Waals surface area contributed by atoms with Gasteiger partial charge in [-0.05, 0) is 49.8 Å². The third-order valence-corrected chi connectivity index (χ3v) is 7.81. The van der Waals surface area contributed by atoms with Crippen molar-refractivity contribution in [3.05, 3.63) is 54.1 Å². The lowest BCUT2D eigenvalue weighted by atomic mass is 9.97. The Balaban J connectivity index is 1.66. The smallest absolute Gasteiger partial charge is 0.264 e. The maximum absolute atomic E-state index is 12.8. The number of carbonyl (C=O) groups excluding carboxylic acids is 1. The summed E-state index contributed by atoms with van der Waals surface area (Å²) >= 11 is 0. The number of nitrogens with one attached hydrogen (secondary N) is 1. The van der Waals surface area contributed by atoms with Crippen molar-refractivity contribution in [3.8, 4) is 16.9 Å². The quantitative estimate of drug-likeness (QED) is 0.602. The number of aromatic hydroxyl groups is 1. The first-order valence-electron chi connectivity index (χ1n) is 10.4. The van der Waals surface area contributed by atoms with Crippen molar-refractivity contribution in [1.82, 2.24) is 5.48 Å². The lowest BCUT2D eigenvalue weighted by molar-refractivity contribution is -0.201. The van der Waals surface area contributed by atoms with E-state index in [2.05, 4.69) is 5.48 Å². The summed E-state index contributed by atoms with van der Waals surface area (Å²) in [4.78, 5) is 18.1. The molecule has 2 unspecified atom stereocenters. The number of ether oxygens (including phenoxy) is 1. The molecule has 1 saturated heterocycles. The van der Waals surface area contributed by atoms with E-state index in [1.807, 2.05) is 36.4 Å². The van der Waals surface area contributed by atoms with Crippen LogP contribution < -0.4 is 5.48 Å². The summed E-state index contributed by atoms with van der Waals surface area (Å²) < 4.78 is 28.7. The van der Waals surface area contributed by atoms with Crippen LogP contribution in [0.4, 0.5) is 0 Å². The van der Waals surface area contributed by atoms with Crippen molar-refractivity contribution in [2.24, 2.45) is 0 Å². The summed E-state index contributed by atoms with van der Waals surface area (Å²) in [6.45, 7) is 1.97. The molecule has 2 N–H and O–H groups in total. The molecule has 2 aromatic rings. The number of hydroxylamine groups is 1. The van der Waals surface area contributed by atoms with Gasteiger partial charge in [0.15, 0.2) is 16.1 Å². The number of phenolic OH excluding ortho intramolecular Hbond substituents is 1. The Kier molecular flexibility index (Phi) is 7.35. The number of phenols is 1. The lowest BCUT2D eigenvalue weighted by Crippen LogP contribution is -2.51. The summed E-state index contributed by atoms with van der Waals surface area (Å²) in [5.74, 6) is -0.506. The van der Waals surface area contributed by atoms with E-state index < -0.39 is 26.8 Å². The minimum Gasteiger partial charge on any atom is -0.507 e. The van der Waals surface area contributed by atoms with Crippen molar-refractivity contribution < 1.29 is 27.9 Å². The Morgan fingerprint density at radius 1 is 1.19 bits per heavy atom. The van der Waals surface area contributed by atoms with E-state index in [4.69, 9.17) is 9.57 Å². The van der Waals surface area contributed by atoms with Crippen LogP contribution in [0.15, 0.2) is 48.5 Å². The van der Waals surface area contributed by atoms with Crippen molar-refractivity contribution in [2.45, 2.75) is 50.1 Å². The van der Waals surface area contributed by atoms with Crippen LogP contribution in [0, 0.1) is 0 Å². The van der Waals surface area contributed by atoms with Gasteiger partial charge in [0.1, 0.15) is 10.5 Å². The molecule has 2 aromatic carbocycles. The molecule has 1 aliphatic rings. The summed E-state index contributed by atoms with van der Waals surface area (Å²) in [5.41, 5.74) is 4.76. The Morgan fingerprint density at radius 2 is 1.90 bits per heavy atom. The van der Waals surface area contributed by atoms with Crippen molar-refractivity contribution in [3.63, 3.8) is 0 Å². The molecule has 0 spiro atoms. The first-order chi connectivity index (χ1) is 14.7. The molecule has 1 fully saturated rings. The van der Waals surface area contributed by atoms with Crippen LogP contribution >= 0.6 is 0 Å². The molecular weight excluding hydrogens is 418 g/mol. The number of hydrogen-bond donors (Lipinski definition) is 2. The number of benzene rings is 2. The molecule has 0 radical (unpaired) electrons. The molecule has 8 heteroatoms. The molecule has 0 bridgehead atoms. The summed E-state index contributed by atoms with van der Waals surface area (Å²) in [5, 5.41) is 10.0. The van der Waals surface area contributed by atoms with E-state index >= 15 is 0 Å². The normalized spacial score (nSPS) is 18.8. The van der Waals surface area contributed by atoms with E-state index in [1.165, 1.54) is 6.92 Å². The van der Waals surface area contributed by atoms with Crippen molar-refractivity contribution in [2.75, 3.05) is 12.9 Å². The molecule has 31 heavy (non-hydrogen) atoms. The third-order valence-electron chi connectivity index (χ3n) is 5.78. The Hall–Kier alpha value is -2.42. The Morgan fingerprint density at radius 3 is 2.52 bits per heavy atom. The van der Waals surface area contributed by atoms with Gasteiger partial charge < -0.3 is 9.84 Å². The van der Waals surface area contributed by atoms with Gasteiger partial charge in [-0.25, -0.2) is 18.7 Å². The van der Waals surface area contributed by atoms with E-state index in [9.17, 15) is 18.3 Å². The van der Waals surface area contributed by atoms with Crippen LogP contribution in [0.25, 0.3) is 11.1 Å². The summed E-state index contributed by atoms with van der Waals surface area (Å²) in [6.07, 6.45) is 3.52. The minimum absolute atomic E-state index is 0.0997. The number of carbonyl (C=O) groups is 1. The fraction of sp³-hybridized carbons (Fsp3) is 0.435. The molecule has 0 aromatic heterocycles. The Labute approximate surface area is 183 Å². The average molecular weight is 448 g/mol. The number of sulfone groups is 1. The maximum Gasteiger partial charge on any atom is 0.264 e. The third kappa shape index (κ3) is 5.64. The zero-order chi connectivity index (χ0) is 22.5. The molecule has 1 aliphatic heterocycles. The zero-order valence-corrected chi connectivity index (χ0v) is 18.7. The first kappa shape index (κ1) is 23.2. The zero-order valence-electron chi connectivity index (χ0n) is 17.8. The molecule has 3 rings (SSSR count). The van der Waals surface area contributed by atoms with Gasteiger partial charge in [0.2, 0.25) is 0 Å². The number of para-hydroxylation sites is 1. The largest absolute Gasteiger partial charge is 0.507 e.